The first kappa shape index (κ1) is 38.4. The van der Waals surface area contributed by atoms with Crippen LogP contribution in [-0.2, 0) is 53.9 Å². The van der Waals surface area contributed by atoms with Crippen LogP contribution >= 0.6 is 0 Å². The maximum absolute atomic E-state index is 14.7. The van der Waals surface area contributed by atoms with Gasteiger partial charge in [-0.3, -0.25) is 48.5 Å². The fourth-order valence-electron chi connectivity index (χ4n) is 10.6. The van der Waals surface area contributed by atoms with Crippen LogP contribution in [0.4, 0.5) is 20.3 Å². The number of piperidine rings is 1. The van der Waals surface area contributed by atoms with E-state index < -0.39 is 36.1 Å². The van der Waals surface area contributed by atoms with Crippen LogP contribution in [0, 0.1) is 5.92 Å². The van der Waals surface area contributed by atoms with Gasteiger partial charge in [0.05, 0.1) is 29.4 Å². The van der Waals surface area contributed by atoms with E-state index in [1.807, 2.05) is 23.1 Å². The van der Waals surface area contributed by atoms with Crippen LogP contribution in [0.15, 0.2) is 36.5 Å². The minimum Gasteiger partial charge on any atom is -0.338 e. The Labute approximate surface area is 345 Å². The lowest BCUT2D eigenvalue weighted by Crippen LogP contribution is -2.54. The van der Waals surface area contributed by atoms with Crippen LogP contribution in [0.2, 0.25) is 0 Å². The van der Waals surface area contributed by atoms with Gasteiger partial charge in [-0.15, -0.1) is 0 Å². The molecule has 5 aliphatic heterocycles. The summed E-state index contributed by atoms with van der Waals surface area (Å²) in [5.74, 6) is -0.789. The molecule has 4 aromatic rings. The van der Waals surface area contributed by atoms with Crippen molar-refractivity contribution < 1.29 is 32.8 Å². The van der Waals surface area contributed by atoms with Crippen molar-refractivity contribution in [1.82, 2.24) is 39.6 Å². The molecule has 10 rings (SSSR count). The second-order valence-corrected chi connectivity index (χ2v) is 17.3. The Morgan fingerprint density at radius 1 is 0.850 bits per heavy atom. The number of amides is 5. The first-order valence-electron chi connectivity index (χ1n) is 21.1. The smallest absolute Gasteiger partial charge is 0.264 e. The minimum absolute atomic E-state index is 0.0000313. The average Bonchev–Trinajstić information content (AvgIpc) is 4.00. The van der Waals surface area contributed by atoms with Gasteiger partial charge in [0.15, 0.2) is 5.82 Å². The molecule has 2 fully saturated rings. The zero-order valence-corrected chi connectivity index (χ0v) is 33.8. The third-order valence-corrected chi connectivity index (χ3v) is 13.6. The van der Waals surface area contributed by atoms with Gasteiger partial charge in [0, 0.05) is 93.8 Å². The maximum Gasteiger partial charge on any atom is 0.264 e. The normalized spacial score (nSPS) is 22.9. The molecule has 1 N–H and O–H groups in total. The zero-order chi connectivity index (χ0) is 41.6. The molecule has 1 saturated carbocycles. The average molecular weight is 820 g/mol. The summed E-state index contributed by atoms with van der Waals surface area (Å²) < 4.78 is 33.2. The van der Waals surface area contributed by atoms with Crippen molar-refractivity contribution in [3.63, 3.8) is 0 Å². The van der Waals surface area contributed by atoms with E-state index in [2.05, 4.69) is 24.9 Å². The predicted octanol–water partition coefficient (Wildman–Crippen LogP) is 5.36. The third-order valence-electron chi connectivity index (χ3n) is 13.6. The molecule has 1 aliphatic carbocycles. The van der Waals surface area contributed by atoms with Crippen molar-refractivity contribution in [2.24, 2.45) is 13.0 Å². The Morgan fingerprint density at radius 2 is 1.57 bits per heavy atom. The van der Waals surface area contributed by atoms with Crippen LogP contribution in [0.1, 0.15) is 119 Å². The van der Waals surface area contributed by atoms with Gasteiger partial charge in [-0.25, -0.2) is 8.78 Å². The number of alkyl halides is 2. The summed E-state index contributed by atoms with van der Waals surface area (Å²) in [6.45, 7) is 5.47. The molecular weight excluding hydrogens is 773 g/mol. The molecule has 60 heavy (non-hydrogen) atoms. The first-order chi connectivity index (χ1) is 28.9. The van der Waals surface area contributed by atoms with Gasteiger partial charge in [-0.1, -0.05) is 0 Å². The number of carbonyl (C=O) groups excluding carboxylic acids is 5. The molecule has 14 nitrogen and oxygen atoms in total. The van der Waals surface area contributed by atoms with Gasteiger partial charge in [0.25, 0.3) is 18.2 Å². The van der Waals surface area contributed by atoms with E-state index in [1.165, 1.54) is 0 Å². The molecule has 1 unspecified atom stereocenters. The van der Waals surface area contributed by atoms with Crippen LogP contribution in [0.25, 0.3) is 11.3 Å². The van der Waals surface area contributed by atoms with Crippen LogP contribution in [0.3, 0.4) is 0 Å². The molecule has 0 bridgehead atoms. The summed E-state index contributed by atoms with van der Waals surface area (Å²) in [5, 5.41) is 12.0. The second-order valence-electron chi connectivity index (χ2n) is 17.3. The SMILES string of the molecule is CC(=O)N1CCc2c(c(N3CCCc4cc(-c5ccn(C)n5)c(C(F)F)cc43)nn2C2CCC(CN3Cc4cc5c(cc4C3)C(=O)N(C3CCC(=O)NC3=O)C5=O)CC2)C1. The summed E-state index contributed by atoms with van der Waals surface area (Å²) in [5.41, 5.74) is 7.41. The van der Waals surface area contributed by atoms with Crippen LogP contribution in [-0.4, -0.2) is 89.5 Å². The second kappa shape index (κ2) is 14.7. The lowest BCUT2D eigenvalue weighted by Gasteiger charge is -2.33. The number of hydrogen-bond acceptors (Lipinski definition) is 9. The Morgan fingerprint density at radius 3 is 2.22 bits per heavy atom. The molecule has 312 valence electrons. The van der Waals surface area contributed by atoms with Gasteiger partial charge in [-0.05, 0) is 97.9 Å². The molecule has 2 aromatic carbocycles. The molecule has 1 saturated heterocycles. The molecule has 5 amide bonds. The summed E-state index contributed by atoms with van der Waals surface area (Å²) in [7, 11) is 1.78. The Balaban J connectivity index is 0.852. The van der Waals surface area contributed by atoms with Crippen molar-refractivity contribution in [2.45, 2.75) is 103 Å². The Kier molecular flexibility index (Phi) is 9.45. The molecule has 0 radical (unpaired) electrons. The number of fused-ring (bicyclic) bond motifs is 4. The number of benzene rings is 2. The summed E-state index contributed by atoms with van der Waals surface area (Å²) >= 11 is 0. The highest BCUT2D eigenvalue weighted by atomic mass is 19.3. The number of hydrogen-bond donors (Lipinski definition) is 1. The fourth-order valence-corrected chi connectivity index (χ4v) is 10.6. The van der Waals surface area contributed by atoms with Gasteiger partial charge in [-0.2, -0.15) is 10.2 Å². The lowest BCUT2D eigenvalue weighted by molar-refractivity contribution is -0.136. The van der Waals surface area contributed by atoms with Gasteiger partial charge in [0.1, 0.15) is 6.04 Å². The number of halogens is 2. The molecule has 6 aliphatic rings. The molecular formula is C44H47F2N9O5. The number of nitrogens with one attached hydrogen (secondary N) is 1. The van der Waals surface area contributed by atoms with Gasteiger partial charge in [0.2, 0.25) is 17.7 Å². The van der Waals surface area contributed by atoms with Crippen molar-refractivity contribution >= 4 is 41.0 Å². The maximum atomic E-state index is 14.7. The summed E-state index contributed by atoms with van der Waals surface area (Å²) in [6.07, 6.45) is 5.40. The van der Waals surface area contributed by atoms with E-state index in [-0.39, 0.29) is 30.4 Å². The largest absolute Gasteiger partial charge is 0.338 e. The number of aryl methyl sites for hydroxylation is 2. The predicted molar refractivity (Wildman–Crippen MR) is 214 cm³/mol. The van der Waals surface area contributed by atoms with E-state index in [4.69, 9.17) is 5.10 Å². The Hall–Kier alpha value is -5.77. The van der Waals surface area contributed by atoms with Crippen LogP contribution in [0.5, 0.6) is 0 Å². The van der Waals surface area contributed by atoms with E-state index in [0.29, 0.717) is 67.4 Å². The standard InChI is InChI=1S/C44H47F2N9O5/c1-24(56)52-15-12-36-34(23-52)41(53-13-3-4-26-16-30(35-11-14-50(2)48-35)31(40(45)46)19-38(26)53)49-55(36)29-7-5-25(6-8-29)20-51-21-27-17-32-33(18-28(27)22-51)44(60)54(43(32)59)37-9-10-39(57)47-42(37)58/h11,14,16-19,25,29,37,40H,3-10,12-13,15,20-23H2,1-2H3,(H,47,57,58). The highest BCUT2D eigenvalue weighted by Gasteiger charge is 2.45. The van der Waals surface area contributed by atoms with Crippen molar-refractivity contribution in [3.8, 4) is 11.3 Å². The third kappa shape index (κ3) is 6.50. The highest BCUT2D eigenvalue weighted by molar-refractivity contribution is 6.23. The van der Waals surface area contributed by atoms with Gasteiger partial charge >= 0.3 is 0 Å². The summed E-state index contributed by atoms with van der Waals surface area (Å²) in [6, 6.07) is 8.08. The van der Waals surface area contributed by atoms with Crippen molar-refractivity contribution in [3.05, 3.63) is 81.2 Å². The molecule has 7 heterocycles. The van der Waals surface area contributed by atoms with Crippen molar-refractivity contribution in [1.29, 1.82) is 0 Å². The van der Waals surface area contributed by atoms with E-state index >= 15 is 0 Å². The van der Waals surface area contributed by atoms with E-state index in [1.54, 1.807) is 37.0 Å². The number of imide groups is 2. The monoisotopic (exact) mass is 819 g/mol. The van der Waals surface area contributed by atoms with Gasteiger partial charge < -0.3 is 9.80 Å². The molecule has 0 spiro atoms. The van der Waals surface area contributed by atoms with Crippen molar-refractivity contribution in [2.75, 3.05) is 24.5 Å². The summed E-state index contributed by atoms with van der Waals surface area (Å²) in [4.78, 5) is 71.1. The number of anilines is 2. The number of aromatic nitrogens is 4. The molecule has 16 heteroatoms. The topological polar surface area (TPSA) is 146 Å². The van der Waals surface area contributed by atoms with E-state index in [0.717, 1.165) is 89.4 Å². The highest BCUT2D eigenvalue weighted by Crippen LogP contribution is 2.45. The minimum atomic E-state index is -2.69. The zero-order valence-electron chi connectivity index (χ0n) is 33.8. The van der Waals surface area contributed by atoms with E-state index in [9.17, 15) is 32.8 Å². The molecule has 2 aromatic heterocycles. The number of rotatable bonds is 7. The number of carbonyl (C=O) groups is 5. The fraction of sp³-hybridized carbons (Fsp3) is 0.477. The quantitative estimate of drug-likeness (QED) is 0.244. The van der Waals surface area contributed by atoms with Crippen LogP contribution < -0.4 is 10.2 Å². The lowest BCUT2D eigenvalue weighted by atomic mass is 9.85. The Bertz CT molecular complexity index is 2440. The molecule has 1 atom stereocenters. The first-order valence-corrected chi connectivity index (χ1v) is 21.1. The number of nitrogens with zero attached hydrogens (tertiary/aromatic N) is 8.